The summed E-state index contributed by atoms with van der Waals surface area (Å²) in [5.74, 6) is -2.13. The molecule has 0 saturated heterocycles. The van der Waals surface area contributed by atoms with E-state index in [2.05, 4.69) is 21.2 Å². The molecular weight excluding hydrogens is 512 g/mol. The first-order valence-corrected chi connectivity index (χ1v) is 11.9. The maximum absolute atomic E-state index is 13.0. The van der Waals surface area contributed by atoms with Crippen molar-refractivity contribution in [1.29, 1.82) is 0 Å². The van der Waals surface area contributed by atoms with Crippen molar-refractivity contribution in [2.24, 2.45) is 0 Å². The van der Waals surface area contributed by atoms with Crippen molar-refractivity contribution in [2.75, 3.05) is 11.9 Å². The molecule has 0 bridgehead atoms. The summed E-state index contributed by atoms with van der Waals surface area (Å²) in [6.45, 7) is 3.26. The summed E-state index contributed by atoms with van der Waals surface area (Å²) in [6.07, 6.45) is 0.719. The van der Waals surface area contributed by atoms with Crippen LogP contribution in [0, 0.1) is 0 Å². The summed E-state index contributed by atoms with van der Waals surface area (Å²) in [5, 5.41) is 2.74. The third kappa shape index (κ3) is 5.02. The van der Waals surface area contributed by atoms with Crippen molar-refractivity contribution in [3.8, 4) is 0 Å². The van der Waals surface area contributed by atoms with E-state index in [0.29, 0.717) is 5.69 Å². The molecule has 0 aromatic heterocycles. The first-order chi connectivity index (χ1) is 16.8. The Labute approximate surface area is 211 Å². The zero-order chi connectivity index (χ0) is 25.1. The summed E-state index contributed by atoms with van der Waals surface area (Å²) < 4.78 is 6.06. The number of aryl methyl sites for hydroxylation is 1. The highest BCUT2D eigenvalue weighted by Gasteiger charge is 2.39. The second-order valence-electron chi connectivity index (χ2n) is 8.11. The number of carbonyl (C=O) groups excluding carboxylic acids is 4. The van der Waals surface area contributed by atoms with Gasteiger partial charge in [0.2, 0.25) is 0 Å². The number of halogens is 1. The lowest BCUT2D eigenvalue weighted by molar-refractivity contribution is -0.119. The number of imide groups is 1. The molecular formula is C27H23BrN2O5. The number of nitrogens with one attached hydrogen (secondary N) is 1. The summed E-state index contributed by atoms with van der Waals surface area (Å²) in [4.78, 5) is 52.0. The molecule has 0 saturated carbocycles. The Bertz CT molecular complexity index is 1320. The molecule has 0 aliphatic carbocycles. The van der Waals surface area contributed by atoms with E-state index in [1.54, 1.807) is 13.0 Å². The van der Waals surface area contributed by atoms with Gasteiger partial charge in [0.15, 0.2) is 6.61 Å². The van der Waals surface area contributed by atoms with E-state index in [-0.39, 0.29) is 16.7 Å². The fourth-order valence-electron chi connectivity index (χ4n) is 4.00. The van der Waals surface area contributed by atoms with Crippen LogP contribution in [0.3, 0.4) is 0 Å². The minimum atomic E-state index is -0.760. The molecule has 35 heavy (non-hydrogen) atoms. The van der Waals surface area contributed by atoms with E-state index in [1.807, 2.05) is 49.4 Å². The van der Waals surface area contributed by atoms with E-state index in [0.717, 1.165) is 22.0 Å². The highest BCUT2D eigenvalue weighted by molar-refractivity contribution is 9.10. The third-order valence-electron chi connectivity index (χ3n) is 5.88. The lowest BCUT2D eigenvalue weighted by Gasteiger charge is -2.22. The van der Waals surface area contributed by atoms with Gasteiger partial charge in [0.25, 0.3) is 17.7 Å². The van der Waals surface area contributed by atoms with Gasteiger partial charge in [0, 0.05) is 10.2 Å². The average molecular weight is 535 g/mol. The number of ether oxygens (including phenoxy) is 1. The van der Waals surface area contributed by atoms with Gasteiger partial charge in [-0.3, -0.25) is 19.3 Å². The van der Waals surface area contributed by atoms with Crippen LogP contribution in [-0.2, 0) is 16.0 Å². The van der Waals surface area contributed by atoms with Crippen LogP contribution in [-0.4, -0.2) is 35.2 Å². The maximum atomic E-state index is 13.0. The molecule has 0 unspecified atom stereocenters. The summed E-state index contributed by atoms with van der Waals surface area (Å²) in [5.41, 5.74) is 2.86. The Morgan fingerprint density at radius 1 is 0.971 bits per heavy atom. The second-order valence-corrected chi connectivity index (χ2v) is 9.02. The third-order valence-corrected chi connectivity index (χ3v) is 6.37. The van der Waals surface area contributed by atoms with Crippen LogP contribution in [0.1, 0.15) is 62.1 Å². The largest absolute Gasteiger partial charge is 0.452 e. The Hall–Kier alpha value is -3.78. The molecule has 1 aliphatic rings. The van der Waals surface area contributed by atoms with Gasteiger partial charge in [0.1, 0.15) is 0 Å². The molecule has 3 aromatic rings. The molecule has 0 fully saturated rings. The molecule has 1 N–H and O–H groups in total. The predicted octanol–water partition coefficient (Wildman–Crippen LogP) is 5.16. The molecule has 178 valence electrons. The number of esters is 1. The van der Waals surface area contributed by atoms with Crippen molar-refractivity contribution in [1.82, 2.24) is 4.90 Å². The number of carbonyl (C=O) groups is 4. The molecule has 7 nitrogen and oxygen atoms in total. The van der Waals surface area contributed by atoms with Gasteiger partial charge in [-0.15, -0.1) is 0 Å². The summed E-state index contributed by atoms with van der Waals surface area (Å²) in [6, 6.07) is 18.5. The van der Waals surface area contributed by atoms with Crippen LogP contribution < -0.4 is 5.32 Å². The van der Waals surface area contributed by atoms with Crippen LogP contribution in [0.25, 0.3) is 0 Å². The average Bonchev–Trinajstić information content (AvgIpc) is 3.12. The quantitative estimate of drug-likeness (QED) is 0.333. The smallest absolute Gasteiger partial charge is 0.338 e. The fraction of sp³-hybridized carbons (Fsp3) is 0.185. The molecule has 3 aromatic carbocycles. The van der Waals surface area contributed by atoms with Gasteiger partial charge in [0.05, 0.1) is 22.7 Å². The van der Waals surface area contributed by atoms with Crippen LogP contribution in [0.15, 0.2) is 71.2 Å². The van der Waals surface area contributed by atoms with Crippen molar-refractivity contribution >= 4 is 45.3 Å². The number of hydrogen-bond acceptors (Lipinski definition) is 5. The normalized spacial score (nSPS) is 13.4. The molecule has 1 aliphatic heterocycles. The van der Waals surface area contributed by atoms with Crippen molar-refractivity contribution in [3.63, 3.8) is 0 Å². The number of hydrogen-bond donors (Lipinski definition) is 1. The molecule has 4 rings (SSSR count). The van der Waals surface area contributed by atoms with Crippen LogP contribution in [0.2, 0.25) is 0 Å². The Morgan fingerprint density at radius 2 is 1.69 bits per heavy atom. The Kier molecular flexibility index (Phi) is 7.12. The number of amides is 3. The lowest BCUT2D eigenvalue weighted by atomic mass is 10.1. The van der Waals surface area contributed by atoms with Gasteiger partial charge in [-0.25, -0.2) is 4.79 Å². The van der Waals surface area contributed by atoms with Gasteiger partial charge < -0.3 is 10.1 Å². The van der Waals surface area contributed by atoms with E-state index in [1.165, 1.54) is 23.1 Å². The highest BCUT2D eigenvalue weighted by Crippen LogP contribution is 2.32. The minimum Gasteiger partial charge on any atom is -0.452 e. The SMILES string of the molecule is CCc1cc(Br)ccc1NC(=O)COC(=O)c1ccc2c(c1)C(=O)N([C@H](C)c1ccccc1)C2=O. The van der Waals surface area contributed by atoms with Crippen LogP contribution >= 0.6 is 15.9 Å². The van der Waals surface area contributed by atoms with Gasteiger partial charge in [-0.05, 0) is 60.9 Å². The van der Waals surface area contributed by atoms with Gasteiger partial charge in [-0.2, -0.15) is 0 Å². The minimum absolute atomic E-state index is 0.0878. The first-order valence-electron chi connectivity index (χ1n) is 11.1. The van der Waals surface area contributed by atoms with E-state index < -0.39 is 36.3 Å². The first kappa shape index (κ1) is 24.3. The predicted molar refractivity (Wildman–Crippen MR) is 134 cm³/mol. The molecule has 1 heterocycles. The number of nitrogens with zero attached hydrogens (tertiary/aromatic N) is 1. The number of anilines is 1. The number of benzene rings is 3. The zero-order valence-corrected chi connectivity index (χ0v) is 20.8. The topological polar surface area (TPSA) is 92.8 Å². The van der Waals surface area contributed by atoms with Gasteiger partial charge in [-0.1, -0.05) is 53.2 Å². The standard InChI is InChI=1S/C27H23BrN2O5/c1-3-17-13-20(28)10-12-23(17)29-24(31)15-35-27(34)19-9-11-21-22(14-19)26(33)30(25(21)32)16(2)18-7-5-4-6-8-18/h4-14,16H,3,15H2,1-2H3,(H,29,31)/t16-/m1/s1. The Balaban J connectivity index is 1.43. The van der Waals surface area contributed by atoms with Crippen molar-refractivity contribution < 1.29 is 23.9 Å². The molecule has 1 atom stereocenters. The highest BCUT2D eigenvalue weighted by atomic mass is 79.9. The summed E-state index contributed by atoms with van der Waals surface area (Å²) >= 11 is 3.40. The van der Waals surface area contributed by atoms with Crippen LogP contribution in [0.5, 0.6) is 0 Å². The number of rotatable bonds is 7. The fourth-order valence-corrected chi connectivity index (χ4v) is 4.40. The van der Waals surface area contributed by atoms with E-state index in [4.69, 9.17) is 4.74 Å². The van der Waals surface area contributed by atoms with E-state index in [9.17, 15) is 19.2 Å². The molecule has 3 amide bonds. The lowest BCUT2D eigenvalue weighted by Crippen LogP contribution is -2.32. The molecule has 8 heteroatoms. The molecule has 0 spiro atoms. The maximum Gasteiger partial charge on any atom is 0.338 e. The Morgan fingerprint density at radius 3 is 2.40 bits per heavy atom. The van der Waals surface area contributed by atoms with Crippen molar-refractivity contribution in [2.45, 2.75) is 26.3 Å². The van der Waals surface area contributed by atoms with Crippen molar-refractivity contribution in [3.05, 3.63) is 99.0 Å². The van der Waals surface area contributed by atoms with E-state index >= 15 is 0 Å². The second kappa shape index (κ2) is 10.2. The zero-order valence-electron chi connectivity index (χ0n) is 19.2. The summed E-state index contributed by atoms with van der Waals surface area (Å²) in [7, 11) is 0. The molecule has 0 radical (unpaired) electrons. The van der Waals surface area contributed by atoms with Gasteiger partial charge >= 0.3 is 5.97 Å². The van der Waals surface area contributed by atoms with Crippen LogP contribution in [0.4, 0.5) is 5.69 Å². The number of fused-ring (bicyclic) bond motifs is 1. The monoisotopic (exact) mass is 534 g/mol.